The van der Waals surface area contributed by atoms with Gasteiger partial charge in [0.15, 0.2) is 0 Å². The smallest absolute Gasteiger partial charge is 0.225 e. The van der Waals surface area contributed by atoms with E-state index in [1.54, 1.807) is 0 Å². The van der Waals surface area contributed by atoms with E-state index in [4.69, 9.17) is 5.73 Å². The van der Waals surface area contributed by atoms with Gasteiger partial charge in [-0.3, -0.25) is 9.69 Å². The van der Waals surface area contributed by atoms with Crippen molar-refractivity contribution < 1.29 is 4.79 Å². The van der Waals surface area contributed by atoms with Crippen LogP contribution in [0.2, 0.25) is 0 Å². The molecule has 2 aliphatic rings. The summed E-state index contributed by atoms with van der Waals surface area (Å²) >= 11 is 0. The molecule has 1 heterocycles. The van der Waals surface area contributed by atoms with Crippen LogP contribution in [0.5, 0.6) is 0 Å². The van der Waals surface area contributed by atoms with Crippen molar-refractivity contribution in [1.82, 2.24) is 9.80 Å². The van der Waals surface area contributed by atoms with E-state index in [9.17, 15) is 4.79 Å². The van der Waals surface area contributed by atoms with Gasteiger partial charge in [0.05, 0.1) is 0 Å². The molecule has 0 atom stereocenters. The fourth-order valence-corrected chi connectivity index (χ4v) is 2.81. The Morgan fingerprint density at radius 3 is 2.31 bits per heavy atom. The molecule has 0 aromatic carbocycles. The van der Waals surface area contributed by atoms with Crippen molar-refractivity contribution in [2.24, 2.45) is 11.7 Å². The van der Waals surface area contributed by atoms with Crippen LogP contribution in [0.15, 0.2) is 0 Å². The molecule has 0 spiro atoms. The molecule has 1 saturated carbocycles. The van der Waals surface area contributed by atoms with Crippen molar-refractivity contribution in [3.8, 4) is 0 Å². The van der Waals surface area contributed by atoms with Crippen LogP contribution in [0.3, 0.4) is 0 Å². The Bertz CT molecular complexity index is 230. The van der Waals surface area contributed by atoms with E-state index in [2.05, 4.69) is 9.80 Å². The molecule has 0 unspecified atom stereocenters. The second kappa shape index (κ2) is 5.64. The second-order valence-electron chi connectivity index (χ2n) is 4.94. The number of rotatable bonds is 3. The average Bonchev–Trinajstić information content (AvgIpc) is 2.83. The summed E-state index contributed by atoms with van der Waals surface area (Å²) in [7, 11) is 0. The van der Waals surface area contributed by atoms with Gasteiger partial charge in [-0.15, -0.1) is 0 Å². The molecule has 1 saturated heterocycles. The van der Waals surface area contributed by atoms with Crippen molar-refractivity contribution in [1.29, 1.82) is 0 Å². The van der Waals surface area contributed by atoms with Gasteiger partial charge < -0.3 is 10.6 Å². The summed E-state index contributed by atoms with van der Waals surface area (Å²) in [6.45, 7) is 5.47. The van der Waals surface area contributed by atoms with Crippen LogP contribution in [0.25, 0.3) is 0 Å². The second-order valence-corrected chi connectivity index (χ2v) is 4.94. The van der Waals surface area contributed by atoms with Crippen molar-refractivity contribution >= 4 is 5.91 Å². The third-order valence-corrected chi connectivity index (χ3v) is 3.83. The molecule has 4 heteroatoms. The number of amides is 1. The summed E-state index contributed by atoms with van der Waals surface area (Å²) in [5.41, 5.74) is 5.53. The zero-order chi connectivity index (χ0) is 11.4. The summed E-state index contributed by atoms with van der Waals surface area (Å²) in [5, 5.41) is 0. The van der Waals surface area contributed by atoms with Gasteiger partial charge in [-0.25, -0.2) is 0 Å². The molecule has 2 N–H and O–H groups in total. The maximum atomic E-state index is 12.1. The summed E-state index contributed by atoms with van der Waals surface area (Å²) in [6, 6.07) is 0. The van der Waals surface area contributed by atoms with Crippen LogP contribution in [0.4, 0.5) is 0 Å². The van der Waals surface area contributed by atoms with E-state index in [0.717, 1.165) is 52.1 Å². The Labute approximate surface area is 97.8 Å². The van der Waals surface area contributed by atoms with E-state index in [1.165, 1.54) is 12.8 Å². The van der Waals surface area contributed by atoms with Crippen LogP contribution in [0.1, 0.15) is 25.7 Å². The lowest BCUT2D eigenvalue weighted by Crippen LogP contribution is -2.51. The molecule has 2 fully saturated rings. The first-order chi connectivity index (χ1) is 7.81. The van der Waals surface area contributed by atoms with Crippen molar-refractivity contribution in [2.75, 3.05) is 39.3 Å². The molecule has 1 aliphatic carbocycles. The molecule has 1 aliphatic heterocycles. The lowest BCUT2D eigenvalue weighted by Gasteiger charge is -2.35. The maximum absolute atomic E-state index is 12.1. The molecule has 0 bridgehead atoms. The number of hydrogen-bond acceptors (Lipinski definition) is 3. The molecule has 16 heavy (non-hydrogen) atoms. The highest BCUT2D eigenvalue weighted by atomic mass is 16.2. The fraction of sp³-hybridized carbons (Fsp3) is 0.917. The highest BCUT2D eigenvalue weighted by molar-refractivity contribution is 5.79. The number of carbonyl (C=O) groups excluding carboxylic acids is 1. The van der Waals surface area contributed by atoms with Crippen molar-refractivity contribution in [3.63, 3.8) is 0 Å². The Morgan fingerprint density at radius 2 is 1.75 bits per heavy atom. The minimum absolute atomic E-state index is 0.334. The van der Waals surface area contributed by atoms with Gasteiger partial charge in [0.2, 0.25) is 5.91 Å². The molecule has 0 radical (unpaired) electrons. The van der Waals surface area contributed by atoms with Gasteiger partial charge >= 0.3 is 0 Å². The molecule has 0 aromatic heterocycles. The van der Waals surface area contributed by atoms with E-state index in [0.29, 0.717) is 11.8 Å². The number of nitrogens with two attached hydrogens (primary N) is 1. The molecule has 4 nitrogen and oxygen atoms in total. The zero-order valence-corrected chi connectivity index (χ0v) is 10.0. The first-order valence-corrected chi connectivity index (χ1v) is 6.52. The SMILES string of the molecule is NCCN1CCN(C(=O)C2CCCC2)CC1. The topological polar surface area (TPSA) is 49.6 Å². The molecular weight excluding hydrogens is 202 g/mol. The molecular formula is C12H23N3O. The normalized spacial score (nSPS) is 23.9. The van der Waals surface area contributed by atoms with Gasteiger partial charge in [0, 0.05) is 45.2 Å². The number of carbonyl (C=O) groups is 1. The maximum Gasteiger partial charge on any atom is 0.225 e. The first-order valence-electron chi connectivity index (χ1n) is 6.52. The van der Waals surface area contributed by atoms with Crippen LogP contribution >= 0.6 is 0 Å². The fourth-order valence-electron chi connectivity index (χ4n) is 2.81. The summed E-state index contributed by atoms with van der Waals surface area (Å²) in [5.74, 6) is 0.742. The van der Waals surface area contributed by atoms with E-state index >= 15 is 0 Å². The Hall–Kier alpha value is -0.610. The third-order valence-electron chi connectivity index (χ3n) is 3.83. The van der Waals surface area contributed by atoms with E-state index in [-0.39, 0.29) is 0 Å². The zero-order valence-electron chi connectivity index (χ0n) is 10.0. The van der Waals surface area contributed by atoms with Gasteiger partial charge in [-0.1, -0.05) is 12.8 Å². The molecule has 1 amide bonds. The Kier molecular flexibility index (Phi) is 4.18. The third kappa shape index (κ3) is 2.74. The Morgan fingerprint density at radius 1 is 1.12 bits per heavy atom. The van der Waals surface area contributed by atoms with Gasteiger partial charge in [-0.05, 0) is 12.8 Å². The van der Waals surface area contributed by atoms with E-state index < -0.39 is 0 Å². The van der Waals surface area contributed by atoms with E-state index in [1.807, 2.05) is 0 Å². The quantitative estimate of drug-likeness (QED) is 0.750. The largest absolute Gasteiger partial charge is 0.340 e. The summed E-state index contributed by atoms with van der Waals surface area (Å²) < 4.78 is 0. The molecule has 0 aromatic rings. The number of piperazine rings is 1. The minimum Gasteiger partial charge on any atom is -0.340 e. The first kappa shape index (κ1) is 11.9. The summed E-state index contributed by atoms with van der Waals surface area (Å²) in [6.07, 6.45) is 4.71. The van der Waals surface area contributed by atoms with Crippen molar-refractivity contribution in [3.05, 3.63) is 0 Å². The lowest BCUT2D eigenvalue weighted by atomic mass is 10.1. The predicted octanol–water partition coefficient (Wildman–Crippen LogP) is 0.279. The van der Waals surface area contributed by atoms with Crippen LogP contribution < -0.4 is 5.73 Å². The highest BCUT2D eigenvalue weighted by Crippen LogP contribution is 2.26. The van der Waals surface area contributed by atoms with Crippen LogP contribution in [0, 0.1) is 5.92 Å². The van der Waals surface area contributed by atoms with Gasteiger partial charge in [0.1, 0.15) is 0 Å². The standard InChI is InChI=1S/C12H23N3O/c13-5-6-14-7-9-15(10-8-14)12(16)11-3-1-2-4-11/h11H,1-10,13H2. The lowest BCUT2D eigenvalue weighted by molar-refractivity contribution is -0.137. The van der Waals surface area contributed by atoms with Crippen LogP contribution in [-0.2, 0) is 4.79 Å². The molecule has 2 rings (SSSR count). The number of hydrogen-bond donors (Lipinski definition) is 1. The Balaban J connectivity index is 1.77. The number of nitrogens with zero attached hydrogens (tertiary/aromatic N) is 2. The van der Waals surface area contributed by atoms with Crippen molar-refractivity contribution in [2.45, 2.75) is 25.7 Å². The van der Waals surface area contributed by atoms with Gasteiger partial charge in [-0.2, -0.15) is 0 Å². The average molecular weight is 225 g/mol. The predicted molar refractivity (Wildman–Crippen MR) is 64.0 cm³/mol. The molecule has 92 valence electrons. The monoisotopic (exact) mass is 225 g/mol. The minimum atomic E-state index is 0.334. The highest BCUT2D eigenvalue weighted by Gasteiger charge is 2.28. The van der Waals surface area contributed by atoms with Crippen LogP contribution in [-0.4, -0.2) is 55.0 Å². The summed E-state index contributed by atoms with van der Waals surface area (Å²) in [4.78, 5) is 16.6. The van der Waals surface area contributed by atoms with Gasteiger partial charge in [0.25, 0.3) is 0 Å².